The maximum atomic E-state index is 13.1. The summed E-state index contributed by atoms with van der Waals surface area (Å²) >= 11 is 0. The van der Waals surface area contributed by atoms with Gasteiger partial charge < -0.3 is 10.1 Å². The zero-order valence-electron chi connectivity index (χ0n) is 18.1. The van der Waals surface area contributed by atoms with E-state index in [0.717, 1.165) is 11.1 Å². The molecular weight excluding hydrogens is 424 g/mol. The Bertz CT molecular complexity index is 1390. The van der Waals surface area contributed by atoms with Crippen molar-refractivity contribution in [1.29, 1.82) is 0 Å². The maximum absolute atomic E-state index is 13.1. The van der Waals surface area contributed by atoms with Gasteiger partial charge in [0.05, 0.1) is 28.2 Å². The fourth-order valence-electron chi connectivity index (χ4n) is 3.20. The minimum atomic E-state index is -3.88. The molecule has 0 bridgehead atoms. The molecule has 4 rings (SSSR count). The summed E-state index contributed by atoms with van der Waals surface area (Å²) < 4.78 is 34.6. The lowest BCUT2D eigenvalue weighted by Gasteiger charge is -2.16. The van der Waals surface area contributed by atoms with Crippen LogP contribution in [0.2, 0.25) is 0 Å². The van der Waals surface area contributed by atoms with Crippen LogP contribution in [0.3, 0.4) is 0 Å². The van der Waals surface area contributed by atoms with Gasteiger partial charge in [-0.2, -0.15) is 0 Å². The minimum Gasteiger partial charge on any atom is -0.492 e. The highest BCUT2D eigenvalue weighted by molar-refractivity contribution is 7.92. The number of nitrogens with one attached hydrogen (secondary N) is 2. The fraction of sp³-hybridized carbons (Fsp3) is 0.167. The van der Waals surface area contributed by atoms with Crippen molar-refractivity contribution in [2.24, 2.45) is 0 Å². The highest BCUT2D eigenvalue weighted by Crippen LogP contribution is 2.31. The van der Waals surface area contributed by atoms with Crippen molar-refractivity contribution in [3.8, 4) is 5.75 Å². The van der Waals surface area contributed by atoms with Crippen molar-refractivity contribution in [2.45, 2.75) is 25.7 Å². The summed E-state index contributed by atoms with van der Waals surface area (Å²) in [5, 5.41) is 3.19. The van der Waals surface area contributed by atoms with Gasteiger partial charge in [-0.15, -0.1) is 0 Å². The molecule has 0 aliphatic carbocycles. The predicted molar refractivity (Wildman–Crippen MR) is 127 cm³/mol. The number of hydrogen-bond acceptors (Lipinski definition) is 6. The van der Waals surface area contributed by atoms with Crippen LogP contribution >= 0.6 is 0 Å². The van der Waals surface area contributed by atoms with Gasteiger partial charge in [-0.25, -0.2) is 18.4 Å². The lowest BCUT2D eigenvalue weighted by Crippen LogP contribution is -2.16. The number of aryl methyl sites for hydroxylation is 2. The third-order valence-corrected chi connectivity index (χ3v) is 6.37. The van der Waals surface area contributed by atoms with E-state index >= 15 is 0 Å². The third-order valence-electron chi connectivity index (χ3n) is 5.03. The predicted octanol–water partition coefficient (Wildman–Crippen LogP) is 5.19. The molecule has 0 aliphatic heterocycles. The number of ether oxygens (including phenoxy) is 1. The summed E-state index contributed by atoms with van der Waals surface area (Å²) in [7, 11) is -3.88. The van der Waals surface area contributed by atoms with E-state index in [9.17, 15) is 8.42 Å². The lowest BCUT2D eigenvalue weighted by molar-refractivity contribution is 0.342. The molecule has 0 radical (unpaired) electrons. The van der Waals surface area contributed by atoms with Gasteiger partial charge >= 0.3 is 0 Å². The van der Waals surface area contributed by atoms with Crippen LogP contribution in [0.5, 0.6) is 5.75 Å². The molecule has 2 N–H and O–H groups in total. The molecule has 1 heterocycles. The van der Waals surface area contributed by atoms with Gasteiger partial charge in [-0.05, 0) is 68.3 Å². The molecule has 0 unspecified atom stereocenters. The van der Waals surface area contributed by atoms with Crippen LogP contribution in [0.4, 0.5) is 17.3 Å². The first kappa shape index (κ1) is 21.6. The summed E-state index contributed by atoms with van der Waals surface area (Å²) in [5.41, 5.74) is 3.78. The van der Waals surface area contributed by atoms with Gasteiger partial charge in [0.2, 0.25) is 0 Å². The number of para-hydroxylation sites is 4. The largest absolute Gasteiger partial charge is 0.492 e. The highest BCUT2D eigenvalue weighted by atomic mass is 32.2. The number of anilines is 3. The van der Waals surface area contributed by atoms with E-state index in [1.54, 1.807) is 24.3 Å². The molecule has 0 atom stereocenters. The summed E-state index contributed by atoms with van der Waals surface area (Å²) in [5.74, 6) is 1.02. The second-order valence-corrected chi connectivity index (χ2v) is 9.00. The van der Waals surface area contributed by atoms with Crippen LogP contribution in [-0.4, -0.2) is 25.0 Å². The van der Waals surface area contributed by atoms with E-state index in [0.29, 0.717) is 29.1 Å². The maximum Gasteiger partial charge on any atom is 0.263 e. The summed E-state index contributed by atoms with van der Waals surface area (Å²) in [6, 6.07) is 19.7. The molecule has 7 nitrogen and oxygen atoms in total. The lowest BCUT2D eigenvalue weighted by atomic mass is 10.1. The zero-order valence-corrected chi connectivity index (χ0v) is 18.9. The van der Waals surface area contributed by atoms with Crippen LogP contribution in [0.15, 0.2) is 71.6 Å². The molecular formula is C24H24N4O3S. The molecule has 0 fully saturated rings. The quantitative estimate of drug-likeness (QED) is 0.404. The van der Waals surface area contributed by atoms with Gasteiger partial charge in [0, 0.05) is 0 Å². The number of hydrogen-bond donors (Lipinski definition) is 2. The average molecular weight is 449 g/mol. The third kappa shape index (κ3) is 4.50. The number of rotatable bonds is 7. The van der Waals surface area contributed by atoms with E-state index in [1.165, 1.54) is 0 Å². The van der Waals surface area contributed by atoms with Crippen molar-refractivity contribution >= 4 is 38.4 Å². The molecule has 0 spiro atoms. The number of nitrogens with zero attached hydrogens (tertiary/aromatic N) is 2. The second-order valence-electron chi connectivity index (χ2n) is 7.32. The Hall–Kier alpha value is -3.65. The van der Waals surface area contributed by atoms with E-state index in [-0.39, 0.29) is 16.5 Å². The summed E-state index contributed by atoms with van der Waals surface area (Å²) in [6.45, 7) is 6.21. The van der Waals surface area contributed by atoms with Gasteiger partial charge in [-0.1, -0.05) is 30.3 Å². The Morgan fingerprint density at radius 3 is 2.19 bits per heavy atom. The topological polar surface area (TPSA) is 93.2 Å². The first-order valence-corrected chi connectivity index (χ1v) is 11.7. The van der Waals surface area contributed by atoms with E-state index in [2.05, 4.69) is 20.0 Å². The Morgan fingerprint density at radius 2 is 1.50 bits per heavy atom. The molecule has 3 aromatic carbocycles. The normalized spacial score (nSPS) is 11.3. The smallest absolute Gasteiger partial charge is 0.263 e. The van der Waals surface area contributed by atoms with Gasteiger partial charge in [-0.3, -0.25) is 4.72 Å². The Balaban J connectivity index is 1.79. The zero-order chi connectivity index (χ0) is 22.7. The Kier molecular flexibility index (Phi) is 5.96. The molecule has 4 aromatic rings. The van der Waals surface area contributed by atoms with E-state index in [1.807, 2.05) is 63.2 Å². The van der Waals surface area contributed by atoms with Gasteiger partial charge in [0.25, 0.3) is 10.0 Å². The SMILES string of the molecule is CCOc1ccccc1Nc1nc2ccccc2nc1NS(=O)(=O)c1ccc(C)c(C)c1. The van der Waals surface area contributed by atoms with Crippen LogP contribution in [-0.2, 0) is 10.0 Å². The van der Waals surface area contributed by atoms with Crippen LogP contribution in [0, 0.1) is 13.8 Å². The van der Waals surface area contributed by atoms with Crippen LogP contribution < -0.4 is 14.8 Å². The van der Waals surface area contributed by atoms with Gasteiger partial charge in [0.1, 0.15) is 5.75 Å². The molecule has 0 amide bonds. The first-order valence-electron chi connectivity index (χ1n) is 10.2. The molecule has 0 saturated heterocycles. The van der Waals surface area contributed by atoms with Gasteiger partial charge in [0.15, 0.2) is 11.6 Å². The Morgan fingerprint density at radius 1 is 0.844 bits per heavy atom. The number of aromatic nitrogens is 2. The van der Waals surface area contributed by atoms with Crippen molar-refractivity contribution in [3.05, 3.63) is 77.9 Å². The molecule has 8 heteroatoms. The molecule has 1 aromatic heterocycles. The fourth-order valence-corrected chi connectivity index (χ4v) is 4.30. The van der Waals surface area contributed by atoms with Crippen LogP contribution in [0.1, 0.15) is 18.1 Å². The Labute approximate surface area is 187 Å². The molecule has 0 aliphatic rings. The van der Waals surface area contributed by atoms with Crippen molar-refractivity contribution < 1.29 is 13.2 Å². The summed E-state index contributed by atoms with van der Waals surface area (Å²) in [6.07, 6.45) is 0. The second kappa shape index (κ2) is 8.84. The number of fused-ring (bicyclic) bond motifs is 1. The summed E-state index contributed by atoms with van der Waals surface area (Å²) in [4.78, 5) is 9.33. The van der Waals surface area contributed by atoms with Crippen LogP contribution in [0.25, 0.3) is 11.0 Å². The van der Waals surface area contributed by atoms with Crippen molar-refractivity contribution in [2.75, 3.05) is 16.6 Å². The first-order chi connectivity index (χ1) is 15.4. The molecule has 0 saturated carbocycles. The minimum absolute atomic E-state index is 0.105. The number of sulfonamides is 1. The van der Waals surface area contributed by atoms with E-state index < -0.39 is 10.0 Å². The molecule has 164 valence electrons. The van der Waals surface area contributed by atoms with E-state index in [4.69, 9.17) is 4.74 Å². The standard InChI is InChI=1S/C24H24N4O3S/c1-4-31-22-12-8-7-11-21(22)27-23-24(26-20-10-6-5-9-19(20)25-23)28-32(29,30)18-14-13-16(2)17(3)15-18/h5-15H,4H2,1-3H3,(H,25,27)(H,26,28). The average Bonchev–Trinajstić information content (AvgIpc) is 2.77. The van der Waals surface area contributed by atoms with Crippen molar-refractivity contribution in [1.82, 2.24) is 9.97 Å². The van der Waals surface area contributed by atoms with Crippen molar-refractivity contribution in [3.63, 3.8) is 0 Å². The monoisotopic (exact) mass is 448 g/mol. The number of benzene rings is 3. The molecule has 32 heavy (non-hydrogen) atoms. The highest BCUT2D eigenvalue weighted by Gasteiger charge is 2.20.